The average molecular weight is 280 g/mol. The number of nitro benzene ring substituents is 1. The molecular weight excluding hydrogens is 260 g/mol. The molecule has 6 nitrogen and oxygen atoms in total. The smallest absolute Gasteiger partial charge is 0.311 e. The predicted molar refractivity (Wildman–Crippen MR) is 75.8 cm³/mol. The van der Waals surface area contributed by atoms with Gasteiger partial charge in [-0.1, -0.05) is 26.3 Å². The molecule has 0 bridgehead atoms. The van der Waals surface area contributed by atoms with Gasteiger partial charge >= 0.3 is 5.69 Å². The highest BCUT2D eigenvalue weighted by Gasteiger charge is 2.24. The number of rotatable bonds is 6. The Morgan fingerprint density at radius 1 is 1.45 bits per heavy atom. The number of nitro groups is 1. The van der Waals surface area contributed by atoms with Crippen molar-refractivity contribution < 1.29 is 14.8 Å². The highest BCUT2D eigenvalue weighted by Crippen LogP contribution is 2.30. The fraction of sp³-hybridized carbons (Fsp3) is 0.500. The monoisotopic (exact) mass is 280 g/mol. The Morgan fingerprint density at radius 3 is 2.60 bits per heavy atom. The molecule has 0 aromatic heterocycles. The first-order chi connectivity index (χ1) is 9.42. The minimum atomic E-state index is -0.697. The highest BCUT2D eigenvalue weighted by atomic mass is 16.6. The van der Waals surface area contributed by atoms with Gasteiger partial charge in [-0.15, -0.1) is 0 Å². The molecule has 0 aliphatic carbocycles. The molecule has 0 spiro atoms. The molecule has 6 heteroatoms. The van der Waals surface area contributed by atoms with Crippen LogP contribution in [0.2, 0.25) is 0 Å². The van der Waals surface area contributed by atoms with Gasteiger partial charge in [0, 0.05) is 19.2 Å². The third kappa shape index (κ3) is 3.46. The zero-order valence-corrected chi connectivity index (χ0v) is 12.0. The van der Waals surface area contributed by atoms with Crippen LogP contribution in [0.5, 0.6) is 5.75 Å². The number of aromatic hydroxyl groups is 1. The molecule has 1 atom stereocenters. The number of carbonyl (C=O) groups is 1. The molecule has 0 aliphatic rings. The van der Waals surface area contributed by atoms with Crippen molar-refractivity contribution in [2.24, 2.45) is 5.92 Å². The van der Waals surface area contributed by atoms with Crippen LogP contribution in [0.25, 0.3) is 0 Å². The quantitative estimate of drug-likeness (QED) is 0.641. The van der Waals surface area contributed by atoms with Gasteiger partial charge in [0.1, 0.15) is 0 Å². The maximum absolute atomic E-state index is 12.4. The molecule has 1 amide bonds. The number of carbonyl (C=O) groups excluding carboxylic acids is 1. The van der Waals surface area contributed by atoms with E-state index in [0.717, 1.165) is 6.42 Å². The number of amides is 1. The van der Waals surface area contributed by atoms with Gasteiger partial charge in [0.15, 0.2) is 0 Å². The van der Waals surface area contributed by atoms with Crippen LogP contribution < -0.4 is 0 Å². The molecule has 0 aliphatic heterocycles. The molecule has 1 aromatic rings. The summed E-state index contributed by atoms with van der Waals surface area (Å²) in [5.41, 5.74) is -0.472. The van der Waals surface area contributed by atoms with E-state index in [9.17, 15) is 20.0 Å². The Morgan fingerprint density at radius 2 is 2.10 bits per heavy atom. The van der Waals surface area contributed by atoms with Gasteiger partial charge in [0.25, 0.3) is 5.91 Å². The van der Waals surface area contributed by atoms with Gasteiger partial charge in [0.05, 0.1) is 10.5 Å². The lowest BCUT2D eigenvalue weighted by Gasteiger charge is -2.24. The lowest BCUT2D eigenvalue weighted by Crippen LogP contribution is -2.34. The number of nitrogens with zero attached hydrogens (tertiary/aromatic N) is 2. The van der Waals surface area contributed by atoms with Gasteiger partial charge in [-0.3, -0.25) is 14.9 Å². The van der Waals surface area contributed by atoms with E-state index >= 15 is 0 Å². The Kier molecular flexibility index (Phi) is 5.49. The van der Waals surface area contributed by atoms with Crippen molar-refractivity contribution in [3.8, 4) is 5.75 Å². The highest BCUT2D eigenvalue weighted by molar-refractivity contribution is 5.98. The number of benzene rings is 1. The van der Waals surface area contributed by atoms with Crippen molar-refractivity contribution in [3.63, 3.8) is 0 Å². The summed E-state index contributed by atoms with van der Waals surface area (Å²) in [6.45, 7) is 6.96. The number of para-hydroxylation sites is 1. The van der Waals surface area contributed by atoms with Crippen LogP contribution in [-0.2, 0) is 0 Å². The van der Waals surface area contributed by atoms with E-state index in [0.29, 0.717) is 19.0 Å². The topological polar surface area (TPSA) is 83.7 Å². The van der Waals surface area contributed by atoms with Gasteiger partial charge < -0.3 is 10.0 Å². The molecule has 0 fully saturated rings. The Hall–Kier alpha value is -2.11. The van der Waals surface area contributed by atoms with E-state index < -0.39 is 16.4 Å². The van der Waals surface area contributed by atoms with Gasteiger partial charge in [-0.25, -0.2) is 0 Å². The summed E-state index contributed by atoms with van der Waals surface area (Å²) in [6, 6.07) is 3.99. The molecule has 0 heterocycles. The van der Waals surface area contributed by atoms with Crippen LogP contribution in [-0.4, -0.2) is 33.9 Å². The first-order valence-electron chi connectivity index (χ1n) is 6.67. The van der Waals surface area contributed by atoms with E-state index in [1.165, 1.54) is 18.2 Å². The number of hydrogen-bond acceptors (Lipinski definition) is 4. The standard InChI is InChI=1S/C14H20N2O4/c1-4-10(3)9-15(5-2)14(18)11-7-6-8-12(13(11)17)16(19)20/h6-8,10,17H,4-5,9H2,1-3H3. The largest absolute Gasteiger partial charge is 0.502 e. The van der Waals surface area contributed by atoms with Gasteiger partial charge in [-0.05, 0) is 18.9 Å². The van der Waals surface area contributed by atoms with Crippen LogP contribution >= 0.6 is 0 Å². The Balaban J connectivity index is 3.07. The van der Waals surface area contributed by atoms with Crippen LogP contribution in [0, 0.1) is 16.0 Å². The third-order valence-electron chi connectivity index (χ3n) is 3.34. The van der Waals surface area contributed by atoms with E-state index in [1.54, 1.807) is 4.90 Å². The van der Waals surface area contributed by atoms with Crippen molar-refractivity contribution in [2.45, 2.75) is 27.2 Å². The van der Waals surface area contributed by atoms with E-state index in [1.807, 2.05) is 20.8 Å². The summed E-state index contributed by atoms with van der Waals surface area (Å²) in [4.78, 5) is 24.0. The normalized spacial score (nSPS) is 11.9. The molecule has 1 unspecified atom stereocenters. The maximum atomic E-state index is 12.4. The minimum absolute atomic E-state index is 0.0237. The molecule has 0 saturated heterocycles. The van der Waals surface area contributed by atoms with E-state index in [-0.39, 0.29) is 11.5 Å². The van der Waals surface area contributed by atoms with Gasteiger partial charge in [-0.2, -0.15) is 0 Å². The second-order valence-electron chi connectivity index (χ2n) is 4.79. The van der Waals surface area contributed by atoms with Crippen LogP contribution in [0.15, 0.2) is 18.2 Å². The number of phenols is 1. The van der Waals surface area contributed by atoms with Crippen molar-refractivity contribution >= 4 is 11.6 Å². The number of phenolic OH excluding ortho intramolecular Hbond substituents is 1. The van der Waals surface area contributed by atoms with Crippen LogP contribution in [0.1, 0.15) is 37.6 Å². The molecule has 1 aromatic carbocycles. The minimum Gasteiger partial charge on any atom is -0.502 e. The predicted octanol–water partition coefficient (Wildman–Crippen LogP) is 2.81. The van der Waals surface area contributed by atoms with Gasteiger partial charge in [0.2, 0.25) is 5.75 Å². The second kappa shape index (κ2) is 6.88. The fourth-order valence-electron chi connectivity index (χ4n) is 1.88. The van der Waals surface area contributed by atoms with Crippen molar-refractivity contribution in [1.82, 2.24) is 4.90 Å². The van der Waals surface area contributed by atoms with Crippen LogP contribution in [0.3, 0.4) is 0 Å². The SMILES string of the molecule is CCC(C)CN(CC)C(=O)c1cccc([N+](=O)[O-])c1O. The van der Waals surface area contributed by atoms with E-state index in [2.05, 4.69) is 0 Å². The molecule has 1 N–H and O–H groups in total. The summed E-state index contributed by atoms with van der Waals surface area (Å²) in [7, 11) is 0. The summed E-state index contributed by atoms with van der Waals surface area (Å²) < 4.78 is 0. The molecule has 110 valence electrons. The molecule has 20 heavy (non-hydrogen) atoms. The third-order valence-corrected chi connectivity index (χ3v) is 3.34. The zero-order valence-electron chi connectivity index (χ0n) is 12.0. The molecule has 0 radical (unpaired) electrons. The van der Waals surface area contributed by atoms with Crippen LogP contribution in [0.4, 0.5) is 5.69 Å². The second-order valence-corrected chi connectivity index (χ2v) is 4.79. The number of hydrogen-bond donors (Lipinski definition) is 1. The van der Waals surface area contributed by atoms with Crippen molar-refractivity contribution in [2.75, 3.05) is 13.1 Å². The molecule has 0 saturated carbocycles. The molecule has 1 rings (SSSR count). The summed E-state index contributed by atoms with van der Waals surface area (Å²) in [6.07, 6.45) is 0.935. The van der Waals surface area contributed by atoms with Crippen molar-refractivity contribution in [1.29, 1.82) is 0 Å². The molecular formula is C14H20N2O4. The fourth-order valence-corrected chi connectivity index (χ4v) is 1.88. The lowest BCUT2D eigenvalue weighted by atomic mass is 10.1. The van der Waals surface area contributed by atoms with Crippen molar-refractivity contribution in [3.05, 3.63) is 33.9 Å². The lowest BCUT2D eigenvalue weighted by molar-refractivity contribution is -0.385. The average Bonchev–Trinajstić information content (AvgIpc) is 2.43. The van der Waals surface area contributed by atoms with E-state index in [4.69, 9.17) is 0 Å². The summed E-state index contributed by atoms with van der Waals surface area (Å²) in [5, 5.41) is 20.7. The Bertz CT molecular complexity index is 502. The maximum Gasteiger partial charge on any atom is 0.311 e. The first kappa shape index (κ1) is 15.9. The Labute approximate surface area is 118 Å². The zero-order chi connectivity index (χ0) is 15.3. The summed E-state index contributed by atoms with van der Waals surface area (Å²) >= 11 is 0. The summed E-state index contributed by atoms with van der Waals surface area (Å²) in [5.74, 6) is -0.612. The first-order valence-corrected chi connectivity index (χ1v) is 6.67.